The molecule has 0 radical (unpaired) electrons. The molecule has 4 heteroatoms. The lowest BCUT2D eigenvalue weighted by Crippen LogP contribution is -2.14. The summed E-state index contributed by atoms with van der Waals surface area (Å²) in [6.07, 6.45) is 0. The van der Waals surface area contributed by atoms with Crippen LogP contribution < -0.4 is 4.90 Å². The van der Waals surface area contributed by atoms with E-state index in [1.807, 2.05) is 0 Å². The Labute approximate surface area is 357 Å². The van der Waals surface area contributed by atoms with E-state index in [9.17, 15) is 0 Å². The highest BCUT2D eigenvalue weighted by Crippen LogP contribution is 2.47. The summed E-state index contributed by atoms with van der Waals surface area (Å²) in [4.78, 5) is 2.43. The molecule has 10 aromatic carbocycles. The zero-order valence-corrected chi connectivity index (χ0v) is 33.6. The molecule has 0 amide bonds. The Bertz CT molecular complexity index is 3780. The molecule has 0 fully saturated rings. The maximum absolute atomic E-state index is 6.87. The molecule has 13 rings (SSSR count). The Morgan fingerprint density at radius 3 is 1.47 bits per heavy atom. The summed E-state index contributed by atoms with van der Waals surface area (Å²) in [7, 11) is 0. The molecule has 0 aliphatic heterocycles. The number of rotatable bonds is 6. The molecule has 13 aromatic rings. The predicted molar refractivity (Wildman–Crippen MR) is 260 cm³/mol. The molecular weight excluding hydrogens is 755 g/mol. The van der Waals surface area contributed by atoms with Crippen LogP contribution in [0.15, 0.2) is 229 Å². The smallest absolute Gasteiger partial charge is 0.143 e. The first-order valence-corrected chi connectivity index (χ1v) is 21.2. The standard InChI is InChI=1S/C58H37N3O/c1-2-17-39-37-57-49(36-38(39)16-1)48-24-15-23-47(58(48)62-57)46-22-7-10-27-52(46)60(41-34-32-40(33-35-41)59-50-25-8-3-18-42(50)43-19-4-9-26-51(43)59)55-30-13-14-31-56(55)61-53-28-11-5-20-44(53)45-21-6-12-29-54(45)61/h1-37H. The van der Waals surface area contributed by atoms with Gasteiger partial charge in [0.1, 0.15) is 11.2 Å². The van der Waals surface area contributed by atoms with Crippen molar-refractivity contribution in [2.45, 2.75) is 0 Å². The third-order valence-electron chi connectivity index (χ3n) is 12.7. The number of fused-ring (bicyclic) bond motifs is 10. The monoisotopic (exact) mass is 791 g/mol. The minimum atomic E-state index is 0.877. The average Bonchev–Trinajstić information content (AvgIpc) is 3.99. The minimum Gasteiger partial charge on any atom is -0.455 e. The van der Waals surface area contributed by atoms with E-state index in [-0.39, 0.29) is 0 Å². The fourth-order valence-corrected chi connectivity index (χ4v) is 9.98. The minimum absolute atomic E-state index is 0.877. The van der Waals surface area contributed by atoms with Gasteiger partial charge < -0.3 is 18.5 Å². The zero-order chi connectivity index (χ0) is 40.7. The lowest BCUT2D eigenvalue weighted by molar-refractivity contribution is 0.670. The normalized spacial score (nSPS) is 11.9. The van der Waals surface area contributed by atoms with Crippen molar-refractivity contribution in [3.63, 3.8) is 0 Å². The Balaban J connectivity index is 1.06. The zero-order valence-electron chi connectivity index (χ0n) is 33.6. The fraction of sp³-hybridized carbons (Fsp3) is 0. The van der Waals surface area contributed by atoms with Crippen LogP contribution >= 0.6 is 0 Å². The molecule has 0 aliphatic rings. The summed E-state index contributed by atoms with van der Waals surface area (Å²) < 4.78 is 11.7. The van der Waals surface area contributed by atoms with Crippen LogP contribution in [0.1, 0.15) is 0 Å². The highest BCUT2D eigenvalue weighted by Gasteiger charge is 2.24. The van der Waals surface area contributed by atoms with Gasteiger partial charge in [0, 0.05) is 54.8 Å². The van der Waals surface area contributed by atoms with Gasteiger partial charge >= 0.3 is 0 Å². The highest BCUT2D eigenvalue weighted by atomic mass is 16.3. The van der Waals surface area contributed by atoms with E-state index in [0.29, 0.717) is 0 Å². The number of hydrogen-bond acceptors (Lipinski definition) is 2. The Morgan fingerprint density at radius 1 is 0.339 bits per heavy atom. The number of para-hydroxylation sites is 8. The molecule has 0 aliphatic carbocycles. The van der Waals surface area contributed by atoms with E-state index in [2.05, 4.69) is 238 Å². The summed E-state index contributed by atoms with van der Waals surface area (Å²) in [6, 6.07) is 81.0. The molecule has 3 aromatic heterocycles. The van der Waals surface area contributed by atoms with Crippen LogP contribution in [0.5, 0.6) is 0 Å². The van der Waals surface area contributed by atoms with Crippen molar-refractivity contribution in [1.29, 1.82) is 0 Å². The Morgan fingerprint density at radius 2 is 0.823 bits per heavy atom. The third kappa shape index (κ3) is 5.14. The molecule has 290 valence electrons. The number of hydrogen-bond donors (Lipinski definition) is 0. The van der Waals surface area contributed by atoms with Gasteiger partial charge in [-0.3, -0.25) is 0 Å². The molecule has 0 bridgehead atoms. The third-order valence-corrected chi connectivity index (χ3v) is 12.7. The summed E-state index contributed by atoms with van der Waals surface area (Å²) >= 11 is 0. The van der Waals surface area contributed by atoms with Gasteiger partial charge in [0.2, 0.25) is 0 Å². The van der Waals surface area contributed by atoms with Crippen LogP contribution in [0.2, 0.25) is 0 Å². The first-order valence-electron chi connectivity index (χ1n) is 21.2. The number of benzene rings is 10. The molecule has 62 heavy (non-hydrogen) atoms. The second kappa shape index (κ2) is 13.6. The van der Waals surface area contributed by atoms with E-state index in [0.717, 1.165) is 72.5 Å². The Kier molecular flexibility index (Phi) is 7.57. The SMILES string of the molecule is c1ccc(N(c2ccc(-n3c4ccccc4c4ccccc43)cc2)c2ccccc2-n2c3ccccc3c3ccccc32)c(-c2cccc3c2oc2cc4ccccc4cc23)c1. The van der Waals surface area contributed by atoms with Gasteiger partial charge in [-0.25, -0.2) is 0 Å². The largest absolute Gasteiger partial charge is 0.455 e. The van der Waals surface area contributed by atoms with Gasteiger partial charge in [0.05, 0.1) is 39.1 Å². The van der Waals surface area contributed by atoms with Crippen LogP contribution in [0.3, 0.4) is 0 Å². The van der Waals surface area contributed by atoms with Crippen molar-refractivity contribution < 1.29 is 4.42 Å². The van der Waals surface area contributed by atoms with Gasteiger partial charge in [-0.05, 0) is 89.6 Å². The van der Waals surface area contributed by atoms with E-state index >= 15 is 0 Å². The molecule has 0 unspecified atom stereocenters. The summed E-state index contributed by atoms with van der Waals surface area (Å²) in [5, 5.41) is 9.53. The molecule has 0 saturated carbocycles. The number of furan rings is 1. The van der Waals surface area contributed by atoms with E-state index < -0.39 is 0 Å². The molecule has 4 nitrogen and oxygen atoms in total. The fourth-order valence-electron chi connectivity index (χ4n) is 9.98. The van der Waals surface area contributed by atoms with Crippen molar-refractivity contribution in [2.75, 3.05) is 4.90 Å². The number of nitrogens with zero attached hydrogens (tertiary/aromatic N) is 3. The lowest BCUT2D eigenvalue weighted by Gasteiger charge is -2.30. The highest BCUT2D eigenvalue weighted by molar-refractivity contribution is 6.15. The van der Waals surface area contributed by atoms with Crippen molar-refractivity contribution in [2.24, 2.45) is 0 Å². The maximum Gasteiger partial charge on any atom is 0.143 e. The summed E-state index contributed by atoms with van der Waals surface area (Å²) in [5.74, 6) is 0. The second-order valence-corrected chi connectivity index (χ2v) is 16.1. The maximum atomic E-state index is 6.87. The molecular formula is C58H37N3O. The van der Waals surface area contributed by atoms with Crippen LogP contribution in [0.25, 0.3) is 98.8 Å². The molecule has 0 spiro atoms. The molecule has 0 N–H and O–H groups in total. The lowest BCUT2D eigenvalue weighted by atomic mass is 9.98. The van der Waals surface area contributed by atoms with Crippen LogP contribution in [0.4, 0.5) is 17.1 Å². The molecule has 0 saturated heterocycles. The van der Waals surface area contributed by atoms with Crippen molar-refractivity contribution in [1.82, 2.24) is 9.13 Å². The predicted octanol–water partition coefficient (Wildman–Crippen LogP) is 16.1. The summed E-state index contributed by atoms with van der Waals surface area (Å²) in [6.45, 7) is 0. The van der Waals surface area contributed by atoms with Crippen molar-refractivity contribution in [3.05, 3.63) is 224 Å². The van der Waals surface area contributed by atoms with Crippen LogP contribution in [0, 0.1) is 0 Å². The second-order valence-electron chi connectivity index (χ2n) is 16.1. The topological polar surface area (TPSA) is 26.2 Å². The van der Waals surface area contributed by atoms with Gasteiger partial charge in [-0.15, -0.1) is 0 Å². The Hall–Kier alpha value is -8.34. The van der Waals surface area contributed by atoms with E-state index in [1.165, 1.54) is 43.4 Å². The molecule has 0 atom stereocenters. The van der Waals surface area contributed by atoms with Gasteiger partial charge in [0.25, 0.3) is 0 Å². The number of aromatic nitrogens is 2. The summed E-state index contributed by atoms with van der Waals surface area (Å²) in [5.41, 5.74) is 13.9. The first kappa shape index (κ1) is 34.5. The van der Waals surface area contributed by atoms with E-state index in [4.69, 9.17) is 4.42 Å². The van der Waals surface area contributed by atoms with E-state index in [1.54, 1.807) is 0 Å². The molecule has 3 heterocycles. The number of anilines is 3. The average molecular weight is 792 g/mol. The van der Waals surface area contributed by atoms with Crippen molar-refractivity contribution in [3.8, 4) is 22.5 Å². The van der Waals surface area contributed by atoms with Gasteiger partial charge in [-0.1, -0.05) is 146 Å². The van der Waals surface area contributed by atoms with Gasteiger partial charge in [0.15, 0.2) is 0 Å². The first-order chi connectivity index (χ1) is 30.8. The van der Waals surface area contributed by atoms with Crippen LogP contribution in [-0.2, 0) is 0 Å². The van der Waals surface area contributed by atoms with Crippen molar-refractivity contribution >= 4 is 93.4 Å². The van der Waals surface area contributed by atoms with Gasteiger partial charge in [-0.2, -0.15) is 0 Å². The van der Waals surface area contributed by atoms with Crippen LogP contribution in [-0.4, -0.2) is 9.13 Å². The quantitative estimate of drug-likeness (QED) is 0.168.